The number of hydrogen-bond acceptors (Lipinski definition) is 5. The number of nitrogens with zero attached hydrogens (tertiary/aromatic N) is 5. The lowest BCUT2D eigenvalue weighted by Crippen LogP contribution is -2.35. The first-order chi connectivity index (χ1) is 15.6. The molecule has 0 spiro atoms. The van der Waals surface area contributed by atoms with Crippen molar-refractivity contribution in [1.82, 2.24) is 19.9 Å². The Hall–Kier alpha value is -3.93. The van der Waals surface area contributed by atoms with Crippen molar-refractivity contribution in [2.45, 2.75) is 20.8 Å². The van der Waals surface area contributed by atoms with Crippen LogP contribution in [0.25, 0.3) is 22.9 Å². The third-order valence-corrected chi connectivity index (χ3v) is 6.06. The topological polar surface area (TPSA) is 60.9 Å². The Labute approximate surface area is 188 Å². The molecule has 2 aromatic heterocycles. The van der Waals surface area contributed by atoms with Gasteiger partial charge in [0.1, 0.15) is 11.8 Å². The van der Waals surface area contributed by atoms with Gasteiger partial charge in [-0.3, -0.25) is 0 Å². The number of imidazole rings is 1. The van der Waals surface area contributed by atoms with Crippen LogP contribution in [-0.4, -0.2) is 33.0 Å². The minimum atomic E-state index is 0.663. The van der Waals surface area contributed by atoms with Crippen LogP contribution in [0.5, 0.6) is 0 Å². The minimum absolute atomic E-state index is 0.663. The number of aromatic nitrogens is 4. The number of likely N-dealkylation sites (N-methyl/N-ethyl adjacent to an activating group) is 1. The first-order valence-corrected chi connectivity index (χ1v) is 10.8. The van der Waals surface area contributed by atoms with E-state index in [0.717, 1.165) is 40.6 Å². The van der Waals surface area contributed by atoms with Crippen LogP contribution in [0.4, 0.5) is 11.5 Å². The molecule has 1 N–H and O–H groups in total. The highest BCUT2D eigenvalue weighted by atomic mass is 15.3. The van der Waals surface area contributed by atoms with E-state index < -0.39 is 0 Å². The molecule has 3 heterocycles. The van der Waals surface area contributed by atoms with E-state index in [0.29, 0.717) is 6.54 Å². The molecule has 0 atom stereocenters. The van der Waals surface area contributed by atoms with E-state index in [1.54, 1.807) is 12.7 Å². The Kier molecular flexibility index (Phi) is 4.98. The van der Waals surface area contributed by atoms with Crippen molar-refractivity contribution >= 4 is 34.4 Å². The van der Waals surface area contributed by atoms with Crippen LogP contribution in [0.15, 0.2) is 67.4 Å². The number of hydrogen-bond donors (Lipinski definition) is 1. The minimum Gasteiger partial charge on any atom is -0.349 e. The summed E-state index contributed by atoms with van der Waals surface area (Å²) in [5.41, 5.74) is 9.62. The number of benzene rings is 2. The predicted molar refractivity (Wildman–Crippen MR) is 131 cm³/mol. The third kappa shape index (κ3) is 3.24. The summed E-state index contributed by atoms with van der Waals surface area (Å²) >= 11 is 0. The number of nitrogens with one attached hydrogen (secondary N) is 1. The third-order valence-electron chi connectivity index (χ3n) is 6.06. The van der Waals surface area contributed by atoms with Crippen LogP contribution in [0.1, 0.15) is 29.2 Å². The first-order valence-electron chi connectivity index (χ1n) is 10.8. The molecule has 0 fully saturated rings. The second-order valence-electron chi connectivity index (χ2n) is 8.05. The largest absolute Gasteiger partial charge is 0.349 e. The summed E-state index contributed by atoms with van der Waals surface area (Å²) in [5.74, 6) is 0.824. The summed E-state index contributed by atoms with van der Waals surface area (Å²) in [6.45, 7) is 12.4. The molecule has 6 nitrogen and oxygen atoms in total. The molecule has 0 radical (unpaired) electrons. The van der Waals surface area contributed by atoms with Gasteiger partial charge in [0.05, 0.1) is 12.9 Å². The van der Waals surface area contributed by atoms with E-state index in [4.69, 9.17) is 0 Å². The molecule has 5 rings (SSSR count). The monoisotopic (exact) mass is 422 g/mol. The molecule has 32 heavy (non-hydrogen) atoms. The van der Waals surface area contributed by atoms with E-state index in [2.05, 4.69) is 106 Å². The van der Waals surface area contributed by atoms with Gasteiger partial charge in [-0.2, -0.15) is 0 Å². The fraction of sp³-hybridized carbons (Fsp3) is 0.192. The molecule has 1 aliphatic heterocycles. The van der Waals surface area contributed by atoms with Crippen LogP contribution in [-0.2, 0) is 0 Å². The highest BCUT2D eigenvalue weighted by molar-refractivity contribution is 5.93. The smallest absolute Gasteiger partial charge is 0.162 e. The lowest BCUT2D eigenvalue weighted by Gasteiger charge is -2.37. The number of para-hydroxylation sites is 1. The van der Waals surface area contributed by atoms with Gasteiger partial charge in [-0.1, -0.05) is 43.0 Å². The van der Waals surface area contributed by atoms with Crippen LogP contribution in [0, 0.1) is 13.8 Å². The van der Waals surface area contributed by atoms with Crippen LogP contribution in [0.2, 0.25) is 0 Å². The molecule has 0 aliphatic carbocycles. The SMILES string of the molecule is C=C1c2c(C)cccc2C=C(CN(CC)c2ncnc3[nH]cnc23)N1c1ccccc1C. The number of aryl methyl sites for hydroxylation is 2. The molecular formula is C26H26N6. The molecule has 4 aromatic rings. The second kappa shape index (κ2) is 7.96. The van der Waals surface area contributed by atoms with Crippen molar-refractivity contribution in [3.8, 4) is 0 Å². The first kappa shape index (κ1) is 20.0. The maximum atomic E-state index is 4.57. The van der Waals surface area contributed by atoms with Crippen molar-refractivity contribution in [2.75, 3.05) is 22.9 Å². The average Bonchev–Trinajstić information content (AvgIpc) is 3.27. The Morgan fingerprint density at radius 3 is 2.62 bits per heavy atom. The molecule has 160 valence electrons. The van der Waals surface area contributed by atoms with Crippen LogP contribution >= 0.6 is 0 Å². The molecular weight excluding hydrogens is 396 g/mol. The van der Waals surface area contributed by atoms with Gasteiger partial charge in [0, 0.05) is 29.2 Å². The number of rotatable bonds is 5. The van der Waals surface area contributed by atoms with Crippen molar-refractivity contribution < 1.29 is 0 Å². The Morgan fingerprint density at radius 2 is 1.81 bits per heavy atom. The highest BCUT2D eigenvalue weighted by Gasteiger charge is 2.27. The Morgan fingerprint density at radius 1 is 1.00 bits per heavy atom. The Bertz CT molecular complexity index is 1350. The lowest BCUT2D eigenvalue weighted by atomic mass is 9.93. The van der Waals surface area contributed by atoms with E-state index >= 15 is 0 Å². The van der Waals surface area contributed by atoms with Gasteiger partial charge in [0.25, 0.3) is 0 Å². The van der Waals surface area contributed by atoms with Gasteiger partial charge >= 0.3 is 0 Å². The van der Waals surface area contributed by atoms with E-state index in [1.165, 1.54) is 22.3 Å². The zero-order valence-corrected chi connectivity index (χ0v) is 18.6. The maximum absolute atomic E-state index is 4.57. The summed E-state index contributed by atoms with van der Waals surface area (Å²) in [6, 6.07) is 14.9. The summed E-state index contributed by atoms with van der Waals surface area (Å²) in [5, 5.41) is 0. The van der Waals surface area contributed by atoms with Gasteiger partial charge in [0.2, 0.25) is 0 Å². The van der Waals surface area contributed by atoms with Crippen molar-refractivity contribution in [2.24, 2.45) is 0 Å². The fourth-order valence-electron chi connectivity index (χ4n) is 4.48. The van der Waals surface area contributed by atoms with Gasteiger partial charge in [-0.25, -0.2) is 15.0 Å². The van der Waals surface area contributed by atoms with Crippen LogP contribution < -0.4 is 9.80 Å². The zero-order chi connectivity index (χ0) is 22.2. The lowest BCUT2D eigenvalue weighted by molar-refractivity contribution is 0.846. The summed E-state index contributed by atoms with van der Waals surface area (Å²) in [7, 11) is 0. The van der Waals surface area contributed by atoms with Crippen molar-refractivity contribution in [3.63, 3.8) is 0 Å². The number of aromatic amines is 1. The van der Waals surface area contributed by atoms with Crippen molar-refractivity contribution in [3.05, 3.63) is 89.6 Å². The van der Waals surface area contributed by atoms with Gasteiger partial charge in [0.15, 0.2) is 11.5 Å². The molecule has 0 amide bonds. The van der Waals surface area contributed by atoms with E-state index in [1.807, 2.05) is 0 Å². The number of H-pyrrole nitrogens is 1. The van der Waals surface area contributed by atoms with Gasteiger partial charge in [-0.15, -0.1) is 0 Å². The molecule has 6 heteroatoms. The van der Waals surface area contributed by atoms with Crippen molar-refractivity contribution in [1.29, 1.82) is 0 Å². The normalized spacial score (nSPS) is 13.3. The highest BCUT2D eigenvalue weighted by Crippen LogP contribution is 2.39. The average molecular weight is 423 g/mol. The number of fused-ring (bicyclic) bond motifs is 2. The quantitative estimate of drug-likeness (QED) is 0.471. The Balaban J connectivity index is 1.64. The molecule has 1 aliphatic rings. The maximum Gasteiger partial charge on any atom is 0.162 e. The van der Waals surface area contributed by atoms with E-state index in [-0.39, 0.29) is 0 Å². The predicted octanol–water partition coefficient (Wildman–Crippen LogP) is 5.33. The molecule has 0 bridgehead atoms. The van der Waals surface area contributed by atoms with E-state index in [9.17, 15) is 0 Å². The fourth-order valence-corrected chi connectivity index (χ4v) is 4.48. The van der Waals surface area contributed by atoms with Gasteiger partial charge < -0.3 is 14.8 Å². The molecule has 2 aromatic carbocycles. The summed E-state index contributed by atoms with van der Waals surface area (Å²) < 4.78 is 0. The summed E-state index contributed by atoms with van der Waals surface area (Å²) in [4.78, 5) is 20.9. The standard InChI is InChI=1S/C26H26N6/c1-5-31(26-24-25(28-15-27-24)29-16-30-26)14-21-13-20-11-8-10-18(3)23(20)19(4)32(21)22-12-7-6-9-17(22)2/h6-13,15-16H,4-5,14H2,1-3H3,(H,27,28,29,30). The van der Waals surface area contributed by atoms with Crippen LogP contribution in [0.3, 0.4) is 0 Å². The summed E-state index contributed by atoms with van der Waals surface area (Å²) in [6.07, 6.45) is 5.52. The molecule has 0 saturated carbocycles. The second-order valence-corrected chi connectivity index (χ2v) is 8.05. The molecule has 0 saturated heterocycles. The number of anilines is 2. The zero-order valence-electron chi connectivity index (χ0n) is 18.6. The molecule has 0 unspecified atom stereocenters. The van der Waals surface area contributed by atoms with Gasteiger partial charge in [-0.05, 0) is 49.6 Å².